The van der Waals surface area contributed by atoms with Crippen molar-refractivity contribution in [3.05, 3.63) is 35.4 Å². The van der Waals surface area contributed by atoms with Crippen LogP contribution in [0.1, 0.15) is 44.4 Å². The zero-order chi connectivity index (χ0) is 13.9. The minimum Gasteiger partial charge on any atom is -0.355 e. The van der Waals surface area contributed by atoms with Gasteiger partial charge in [0.1, 0.15) is 0 Å². The quantitative estimate of drug-likeness (QED) is 0.873. The Bertz CT molecular complexity index is 454. The highest BCUT2D eigenvalue weighted by Crippen LogP contribution is 2.43. The lowest BCUT2D eigenvalue weighted by Gasteiger charge is -2.40. The Morgan fingerprint density at radius 1 is 1.37 bits per heavy atom. The van der Waals surface area contributed by atoms with E-state index in [1.165, 1.54) is 11.1 Å². The Hall–Kier alpha value is -1.35. The van der Waals surface area contributed by atoms with E-state index in [2.05, 4.69) is 48.7 Å². The van der Waals surface area contributed by atoms with Crippen LogP contribution in [0, 0.1) is 5.41 Å². The number of carbonyl (C=O) groups excluding carboxylic acids is 1. The van der Waals surface area contributed by atoms with E-state index in [1.807, 2.05) is 6.92 Å². The van der Waals surface area contributed by atoms with Crippen molar-refractivity contribution in [3.8, 4) is 0 Å². The lowest BCUT2D eigenvalue weighted by atomic mass is 9.70. The van der Waals surface area contributed by atoms with Crippen LogP contribution in [-0.4, -0.2) is 19.0 Å². The van der Waals surface area contributed by atoms with Gasteiger partial charge in [0, 0.05) is 12.6 Å². The second-order valence-corrected chi connectivity index (χ2v) is 5.95. The Kier molecular flexibility index (Phi) is 4.25. The monoisotopic (exact) mass is 260 g/mol. The minimum atomic E-state index is 0.0707. The van der Waals surface area contributed by atoms with Crippen molar-refractivity contribution < 1.29 is 4.79 Å². The maximum Gasteiger partial charge on any atom is 0.233 e. The van der Waals surface area contributed by atoms with Crippen LogP contribution < -0.4 is 10.6 Å². The molecule has 0 fully saturated rings. The summed E-state index contributed by atoms with van der Waals surface area (Å²) in [7, 11) is 0. The number of hydrogen-bond acceptors (Lipinski definition) is 2. The molecule has 1 amide bonds. The first-order chi connectivity index (χ1) is 9.04. The van der Waals surface area contributed by atoms with Crippen molar-refractivity contribution in [2.24, 2.45) is 5.41 Å². The maximum absolute atomic E-state index is 11.6. The van der Waals surface area contributed by atoms with E-state index in [1.54, 1.807) is 0 Å². The number of likely N-dealkylation sites (N-methyl/N-ethyl adjacent to an activating group) is 1. The summed E-state index contributed by atoms with van der Waals surface area (Å²) >= 11 is 0. The molecule has 104 valence electrons. The number of amides is 1. The topological polar surface area (TPSA) is 41.1 Å². The van der Waals surface area contributed by atoms with Gasteiger partial charge >= 0.3 is 0 Å². The summed E-state index contributed by atoms with van der Waals surface area (Å²) < 4.78 is 0. The summed E-state index contributed by atoms with van der Waals surface area (Å²) in [4.78, 5) is 11.6. The van der Waals surface area contributed by atoms with Crippen LogP contribution in [0.25, 0.3) is 0 Å². The molecule has 1 atom stereocenters. The second-order valence-electron chi connectivity index (χ2n) is 5.95. The smallest absolute Gasteiger partial charge is 0.233 e. The molecule has 0 saturated heterocycles. The van der Waals surface area contributed by atoms with E-state index in [0.717, 1.165) is 12.8 Å². The minimum absolute atomic E-state index is 0.0707. The summed E-state index contributed by atoms with van der Waals surface area (Å²) in [5.41, 5.74) is 2.94. The molecule has 2 N–H and O–H groups in total. The number of carbonyl (C=O) groups is 1. The van der Waals surface area contributed by atoms with Gasteiger partial charge in [-0.2, -0.15) is 0 Å². The zero-order valence-corrected chi connectivity index (χ0v) is 12.1. The number of rotatable bonds is 4. The van der Waals surface area contributed by atoms with E-state index < -0.39 is 0 Å². The maximum atomic E-state index is 11.6. The number of fused-ring (bicyclic) bond motifs is 1. The summed E-state index contributed by atoms with van der Waals surface area (Å²) in [6.45, 7) is 7.57. The van der Waals surface area contributed by atoms with E-state index in [-0.39, 0.29) is 17.4 Å². The molecule has 0 aromatic heterocycles. The molecule has 1 unspecified atom stereocenters. The van der Waals surface area contributed by atoms with Crippen molar-refractivity contribution in [3.63, 3.8) is 0 Å². The van der Waals surface area contributed by atoms with Crippen molar-refractivity contribution in [2.75, 3.05) is 13.1 Å². The third-order valence-corrected chi connectivity index (χ3v) is 4.03. The fourth-order valence-electron chi connectivity index (χ4n) is 2.91. The van der Waals surface area contributed by atoms with Gasteiger partial charge in [0.25, 0.3) is 0 Å². The number of hydrogen-bond donors (Lipinski definition) is 2. The summed E-state index contributed by atoms with van der Waals surface area (Å²) in [6, 6.07) is 8.82. The van der Waals surface area contributed by atoms with Crippen molar-refractivity contribution in [1.29, 1.82) is 0 Å². The molecule has 0 radical (unpaired) electrons. The van der Waals surface area contributed by atoms with Crippen LogP contribution in [0.2, 0.25) is 0 Å². The van der Waals surface area contributed by atoms with E-state index in [9.17, 15) is 4.79 Å². The van der Waals surface area contributed by atoms with Crippen molar-refractivity contribution in [2.45, 2.75) is 39.7 Å². The van der Waals surface area contributed by atoms with Crippen LogP contribution in [0.5, 0.6) is 0 Å². The molecule has 0 heterocycles. The molecule has 2 rings (SSSR count). The molecule has 1 aromatic rings. The van der Waals surface area contributed by atoms with E-state index in [0.29, 0.717) is 13.1 Å². The summed E-state index contributed by atoms with van der Waals surface area (Å²) in [5.74, 6) is 0.0707. The molecule has 3 nitrogen and oxygen atoms in total. The lowest BCUT2D eigenvalue weighted by molar-refractivity contribution is -0.120. The molecule has 3 heteroatoms. The molecule has 0 bridgehead atoms. The van der Waals surface area contributed by atoms with Crippen molar-refractivity contribution >= 4 is 5.91 Å². The molecular formula is C16H24N2O. The van der Waals surface area contributed by atoms with Crippen LogP contribution in [-0.2, 0) is 11.2 Å². The first-order valence-corrected chi connectivity index (χ1v) is 7.12. The molecule has 0 spiro atoms. The highest BCUT2D eigenvalue weighted by molar-refractivity contribution is 5.78. The Morgan fingerprint density at radius 2 is 2.11 bits per heavy atom. The van der Waals surface area contributed by atoms with Crippen LogP contribution in [0.15, 0.2) is 24.3 Å². The number of nitrogens with one attached hydrogen (secondary N) is 2. The Morgan fingerprint density at radius 3 is 2.84 bits per heavy atom. The van der Waals surface area contributed by atoms with Gasteiger partial charge in [-0.25, -0.2) is 0 Å². The first-order valence-electron chi connectivity index (χ1n) is 7.12. The van der Waals surface area contributed by atoms with Gasteiger partial charge in [-0.3, -0.25) is 4.79 Å². The molecular weight excluding hydrogens is 236 g/mol. The Balaban J connectivity index is 2.14. The van der Waals surface area contributed by atoms with Gasteiger partial charge in [-0.1, -0.05) is 38.1 Å². The van der Waals surface area contributed by atoms with Crippen LogP contribution >= 0.6 is 0 Å². The molecule has 1 aromatic carbocycles. The summed E-state index contributed by atoms with van der Waals surface area (Å²) in [6.07, 6.45) is 2.28. The molecule has 0 aliphatic heterocycles. The largest absolute Gasteiger partial charge is 0.355 e. The third kappa shape index (κ3) is 3.16. The average Bonchev–Trinajstić information content (AvgIpc) is 2.37. The highest BCUT2D eigenvalue weighted by Gasteiger charge is 2.35. The van der Waals surface area contributed by atoms with E-state index in [4.69, 9.17) is 0 Å². The van der Waals surface area contributed by atoms with Gasteiger partial charge in [0.15, 0.2) is 0 Å². The fourth-order valence-corrected chi connectivity index (χ4v) is 2.91. The van der Waals surface area contributed by atoms with Crippen LogP contribution in [0.3, 0.4) is 0 Å². The van der Waals surface area contributed by atoms with Crippen molar-refractivity contribution in [1.82, 2.24) is 10.6 Å². The third-order valence-electron chi connectivity index (χ3n) is 4.03. The molecule has 19 heavy (non-hydrogen) atoms. The standard InChI is InChI=1S/C16H24N2O/c1-4-17-14(19)11-18-15-13-8-6-5-7-12(13)9-10-16(15,2)3/h5-8,15,18H,4,9-11H2,1-3H3,(H,17,19). The number of benzene rings is 1. The van der Waals surface area contributed by atoms with E-state index >= 15 is 0 Å². The van der Waals surface area contributed by atoms with Gasteiger partial charge in [0.05, 0.1) is 6.54 Å². The normalized spacial score (nSPS) is 20.7. The Labute approximate surface area is 115 Å². The van der Waals surface area contributed by atoms with Gasteiger partial charge < -0.3 is 10.6 Å². The zero-order valence-electron chi connectivity index (χ0n) is 12.1. The molecule has 1 aliphatic rings. The van der Waals surface area contributed by atoms with Gasteiger partial charge in [0.2, 0.25) is 5.91 Å². The number of aryl methyl sites for hydroxylation is 1. The second kappa shape index (κ2) is 5.74. The first kappa shape index (κ1) is 14.1. The molecule has 0 saturated carbocycles. The van der Waals surface area contributed by atoms with Gasteiger partial charge in [-0.15, -0.1) is 0 Å². The predicted molar refractivity (Wildman–Crippen MR) is 78.0 cm³/mol. The van der Waals surface area contributed by atoms with Gasteiger partial charge in [-0.05, 0) is 36.3 Å². The predicted octanol–water partition coefficient (Wildman–Crippen LogP) is 2.43. The van der Waals surface area contributed by atoms with Crippen LogP contribution in [0.4, 0.5) is 0 Å². The highest BCUT2D eigenvalue weighted by atomic mass is 16.1. The molecule has 1 aliphatic carbocycles. The summed E-state index contributed by atoms with van der Waals surface area (Å²) in [5, 5.41) is 6.28. The SMILES string of the molecule is CCNC(=O)CNC1c2ccccc2CCC1(C)C. The average molecular weight is 260 g/mol. The fraction of sp³-hybridized carbons (Fsp3) is 0.562. The lowest BCUT2D eigenvalue weighted by Crippen LogP contribution is -2.42.